The molecule has 0 spiro atoms. The largest absolute Gasteiger partial charge is 0.324 e. The van der Waals surface area contributed by atoms with E-state index in [4.69, 9.17) is 17.3 Å². The average Bonchev–Trinajstić information content (AvgIpc) is 2.23. The van der Waals surface area contributed by atoms with E-state index in [9.17, 15) is 4.79 Å². The van der Waals surface area contributed by atoms with Crippen molar-refractivity contribution in [1.82, 2.24) is 0 Å². The maximum absolute atomic E-state index is 12.0. The number of halogens is 1. The van der Waals surface area contributed by atoms with Gasteiger partial charge in [0.2, 0.25) is 5.91 Å². The molecule has 1 amide bonds. The van der Waals surface area contributed by atoms with E-state index in [-0.39, 0.29) is 5.91 Å². The van der Waals surface area contributed by atoms with Gasteiger partial charge in [-0.3, -0.25) is 4.79 Å². The molecule has 0 saturated heterocycles. The van der Waals surface area contributed by atoms with Crippen LogP contribution >= 0.6 is 11.6 Å². The summed E-state index contributed by atoms with van der Waals surface area (Å²) in [5.74, 6) is -0.176. The Morgan fingerprint density at radius 3 is 2.76 bits per heavy atom. The van der Waals surface area contributed by atoms with Gasteiger partial charge in [0.05, 0.1) is 5.54 Å². The van der Waals surface area contributed by atoms with Crippen LogP contribution in [0.25, 0.3) is 0 Å². The van der Waals surface area contributed by atoms with Gasteiger partial charge in [-0.05, 0) is 38.0 Å². The van der Waals surface area contributed by atoms with E-state index in [0.29, 0.717) is 11.4 Å². The smallest absolute Gasteiger partial charge is 0.244 e. The number of benzene rings is 1. The van der Waals surface area contributed by atoms with Crippen molar-refractivity contribution < 1.29 is 4.79 Å². The van der Waals surface area contributed by atoms with Crippen molar-refractivity contribution in [3.05, 3.63) is 28.8 Å². The fourth-order valence-electron chi connectivity index (χ4n) is 1.63. The van der Waals surface area contributed by atoms with Crippen LogP contribution in [0.2, 0.25) is 5.02 Å². The summed E-state index contributed by atoms with van der Waals surface area (Å²) in [6.45, 7) is 5.66. The topological polar surface area (TPSA) is 55.1 Å². The maximum Gasteiger partial charge on any atom is 0.244 e. The molecule has 0 aliphatic heterocycles. The first-order valence-corrected chi connectivity index (χ1v) is 6.11. The Hall–Kier alpha value is -1.06. The quantitative estimate of drug-likeness (QED) is 0.868. The van der Waals surface area contributed by atoms with Crippen LogP contribution in [0.5, 0.6) is 0 Å². The highest BCUT2D eigenvalue weighted by molar-refractivity contribution is 6.31. The molecule has 4 heteroatoms. The Morgan fingerprint density at radius 1 is 1.53 bits per heavy atom. The van der Waals surface area contributed by atoms with E-state index < -0.39 is 5.54 Å². The average molecular weight is 255 g/mol. The van der Waals surface area contributed by atoms with Crippen molar-refractivity contribution in [3.63, 3.8) is 0 Å². The minimum Gasteiger partial charge on any atom is -0.324 e. The number of hydrogen-bond donors (Lipinski definition) is 2. The lowest BCUT2D eigenvalue weighted by atomic mass is 9.96. The van der Waals surface area contributed by atoms with Gasteiger partial charge in [0.15, 0.2) is 0 Å². The number of anilines is 1. The molecule has 1 unspecified atom stereocenters. The lowest BCUT2D eigenvalue weighted by Crippen LogP contribution is -2.48. The first kappa shape index (κ1) is 14.0. The van der Waals surface area contributed by atoms with E-state index >= 15 is 0 Å². The van der Waals surface area contributed by atoms with Gasteiger partial charge in [0.1, 0.15) is 0 Å². The molecule has 0 heterocycles. The van der Waals surface area contributed by atoms with Crippen LogP contribution in [0.1, 0.15) is 32.3 Å². The van der Waals surface area contributed by atoms with Crippen molar-refractivity contribution in [1.29, 1.82) is 0 Å². The van der Waals surface area contributed by atoms with E-state index in [1.165, 1.54) is 0 Å². The summed E-state index contributed by atoms with van der Waals surface area (Å²) in [5.41, 5.74) is 6.80. The van der Waals surface area contributed by atoms with Gasteiger partial charge >= 0.3 is 0 Å². The fourth-order valence-corrected chi connectivity index (χ4v) is 1.80. The standard InChI is InChI=1S/C13H19ClN2O/c1-4-7-13(3,15)12(17)16-11-8-10(14)6-5-9(11)2/h5-6,8H,4,7,15H2,1-3H3,(H,16,17). The number of carbonyl (C=O) groups excluding carboxylic acids is 1. The SMILES string of the molecule is CCCC(C)(N)C(=O)Nc1cc(Cl)ccc1C. The molecule has 17 heavy (non-hydrogen) atoms. The summed E-state index contributed by atoms with van der Waals surface area (Å²) in [6.07, 6.45) is 1.52. The van der Waals surface area contributed by atoms with Gasteiger partial charge in [0.25, 0.3) is 0 Å². The van der Waals surface area contributed by atoms with E-state index in [1.807, 2.05) is 19.9 Å². The molecule has 3 nitrogen and oxygen atoms in total. The summed E-state index contributed by atoms with van der Waals surface area (Å²) in [7, 11) is 0. The van der Waals surface area contributed by atoms with E-state index in [0.717, 1.165) is 17.7 Å². The van der Waals surface area contributed by atoms with Crippen LogP contribution in [0.3, 0.4) is 0 Å². The van der Waals surface area contributed by atoms with Crippen LogP contribution in [0.4, 0.5) is 5.69 Å². The molecule has 0 aromatic heterocycles. The molecular weight excluding hydrogens is 236 g/mol. The number of carbonyl (C=O) groups is 1. The molecule has 1 rings (SSSR count). The van der Waals surface area contributed by atoms with Gasteiger partial charge in [-0.15, -0.1) is 0 Å². The van der Waals surface area contributed by atoms with Crippen LogP contribution in [-0.2, 0) is 4.79 Å². The highest BCUT2D eigenvalue weighted by atomic mass is 35.5. The Kier molecular flexibility index (Phi) is 4.54. The zero-order chi connectivity index (χ0) is 13.1. The highest BCUT2D eigenvalue weighted by Gasteiger charge is 2.27. The molecule has 3 N–H and O–H groups in total. The molecule has 0 fully saturated rings. The molecule has 0 saturated carbocycles. The van der Waals surface area contributed by atoms with E-state index in [2.05, 4.69) is 5.32 Å². The third-order valence-electron chi connectivity index (χ3n) is 2.74. The monoisotopic (exact) mass is 254 g/mol. The lowest BCUT2D eigenvalue weighted by molar-refractivity contribution is -0.120. The molecule has 0 bridgehead atoms. The molecule has 0 aliphatic rings. The fraction of sp³-hybridized carbons (Fsp3) is 0.462. The Morgan fingerprint density at radius 2 is 2.18 bits per heavy atom. The van der Waals surface area contributed by atoms with Crippen molar-refractivity contribution >= 4 is 23.2 Å². The zero-order valence-electron chi connectivity index (χ0n) is 10.5. The highest BCUT2D eigenvalue weighted by Crippen LogP contribution is 2.21. The summed E-state index contributed by atoms with van der Waals surface area (Å²) in [5, 5.41) is 3.43. The molecular formula is C13H19ClN2O. The van der Waals surface area contributed by atoms with Gasteiger partial charge < -0.3 is 11.1 Å². The van der Waals surface area contributed by atoms with Crippen LogP contribution in [0, 0.1) is 6.92 Å². The Bertz CT molecular complexity index is 416. The van der Waals surface area contributed by atoms with E-state index in [1.54, 1.807) is 19.1 Å². The molecule has 0 aliphatic carbocycles. The summed E-state index contributed by atoms with van der Waals surface area (Å²) >= 11 is 5.89. The van der Waals surface area contributed by atoms with Gasteiger partial charge in [-0.2, -0.15) is 0 Å². The molecule has 1 aromatic rings. The third-order valence-corrected chi connectivity index (χ3v) is 2.97. The first-order valence-electron chi connectivity index (χ1n) is 5.73. The molecule has 1 aromatic carbocycles. The normalized spacial score (nSPS) is 14.2. The maximum atomic E-state index is 12.0. The van der Waals surface area contributed by atoms with Crippen molar-refractivity contribution in [2.24, 2.45) is 5.73 Å². The van der Waals surface area contributed by atoms with Crippen LogP contribution in [0.15, 0.2) is 18.2 Å². The predicted molar refractivity (Wildman–Crippen MR) is 72.3 cm³/mol. The minimum atomic E-state index is -0.844. The number of hydrogen-bond acceptors (Lipinski definition) is 2. The predicted octanol–water partition coefficient (Wildman–Crippen LogP) is 3.10. The molecule has 1 atom stereocenters. The summed E-state index contributed by atoms with van der Waals surface area (Å²) in [4.78, 5) is 12.0. The first-order chi connectivity index (χ1) is 7.86. The van der Waals surface area contributed by atoms with Crippen LogP contribution < -0.4 is 11.1 Å². The third kappa shape index (κ3) is 3.72. The van der Waals surface area contributed by atoms with Crippen molar-refractivity contribution in [3.8, 4) is 0 Å². The Balaban J connectivity index is 2.84. The second-order valence-electron chi connectivity index (χ2n) is 4.58. The summed E-state index contributed by atoms with van der Waals surface area (Å²) in [6, 6.07) is 5.39. The number of nitrogens with two attached hydrogens (primary N) is 1. The lowest BCUT2D eigenvalue weighted by Gasteiger charge is -2.23. The van der Waals surface area contributed by atoms with Gasteiger partial charge in [0, 0.05) is 10.7 Å². The number of amides is 1. The second kappa shape index (κ2) is 5.52. The number of nitrogens with one attached hydrogen (secondary N) is 1. The van der Waals surface area contributed by atoms with Crippen molar-refractivity contribution in [2.45, 2.75) is 39.2 Å². The second-order valence-corrected chi connectivity index (χ2v) is 5.02. The number of aryl methyl sites for hydroxylation is 1. The Labute approximate surface area is 107 Å². The van der Waals surface area contributed by atoms with Gasteiger partial charge in [-0.1, -0.05) is 31.0 Å². The summed E-state index contributed by atoms with van der Waals surface area (Å²) < 4.78 is 0. The molecule has 0 radical (unpaired) electrons. The molecule has 94 valence electrons. The van der Waals surface area contributed by atoms with Crippen LogP contribution in [-0.4, -0.2) is 11.4 Å². The van der Waals surface area contributed by atoms with Gasteiger partial charge in [-0.25, -0.2) is 0 Å². The van der Waals surface area contributed by atoms with Crippen molar-refractivity contribution in [2.75, 3.05) is 5.32 Å². The zero-order valence-corrected chi connectivity index (χ0v) is 11.3. The minimum absolute atomic E-state index is 0.176. The number of rotatable bonds is 4.